The average Bonchev–Trinajstić information content (AvgIpc) is 3.01. The highest BCUT2D eigenvalue weighted by Crippen LogP contribution is 2.31. The predicted octanol–water partition coefficient (Wildman–Crippen LogP) is 2.24. The van der Waals surface area contributed by atoms with Crippen LogP contribution < -0.4 is 5.32 Å². The molecule has 1 aromatic heterocycles. The summed E-state index contributed by atoms with van der Waals surface area (Å²) < 4.78 is 0. The Morgan fingerprint density at radius 1 is 1.48 bits per heavy atom. The molecular weight excluding hydrogens is 284 g/mol. The first kappa shape index (κ1) is 14.0. The molecule has 2 unspecified atom stereocenters. The summed E-state index contributed by atoms with van der Waals surface area (Å²) in [6.07, 6.45) is 4.99. The lowest BCUT2D eigenvalue weighted by Gasteiger charge is -2.16. The molecule has 0 spiro atoms. The number of aryl methyl sites for hydroxylation is 1. The summed E-state index contributed by atoms with van der Waals surface area (Å²) in [5, 5.41) is 13.9. The number of amides is 1. The van der Waals surface area contributed by atoms with Crippen molar-refractivity contribution in [1.29, 1.82) is 0 Å². The van der Waals surface area contributed by atoms with Gasteiger partial charge in [-0.05, 0) is 24.1 Å². The molecule has 2 aromatic rings. The number of fused-ring (bicyclic) bond motifs is 1. The maximum absolute atomic E-state index is 12.0. The molecule has 1 aliphatic carbocycles. The Morgan fingerprint density at radius 3 is 3.05 bits per heavy atom. The molecule has 0 saturated carbocycles. The van der Waals surface area contributed by atoms with E-state index in [9.17, 15) is 9.90 Å². The molecule has 0 bridgehead atoms. The lowest BCUT2D eigenvalue weighted by atomic mass is 10.1. The fraction of sp³-hybridized carbons (Fsp3) is 0.250. The second-order valence-electron chi connectivity index (χ2n) is 5.07. The fourth-order valence-corrected chi connectivity index (χ4v) is 3.25. The number of aliphatic hydroxyl groups is 1. The number of carbonyl (C=O) groups excluding carboxylic acids is 1. The monoisotopic (exact) mass is 300 g/mol. The van der Waals surface area contributed by atoms with Gasteiger partial charge in [0.2, 0.25) is 5.91 Å². The molecule has 4 nitrogen and oxygen atoms in total. The van der Waals surface area contributed by atoms with Crippen LogP contribution in [0.5, 0.6) is 0 Å². The number of hydrogen-bond donors (Lipinski definition) is 2. The molecular formula is C16H16N2O2S. The van der Waals surface area contributed by atoms with E-state index >= 15 is 0 Å². The number of rotatable bonds is 3. The molecule has 1 aliphatic rings. The normalized spacial score (nSPS) is 20.7. The van der Waals surface area contributed by atoms with Crippen LogP contribution in [0.2, 0.25) is 0 Å². The Kier molecular flexibility index (Phi) is 3.86. The summed E-state index contributed by atoms with van der Waals surface area (Å²) in [4.78, 5) is 17.1. The average molecular weight is 300 g/mol. The third kappa shape index (κ3) is 3.04. The second-order valence-corrected chi connectivity index (χ2v) is 6.34. The van der Waals surface area contributed by atoms with Crippen LogP contribution in [0.3, 0.4) is 0 Å². The van der Waals surface area contributed by atoms with Crippen molar-refractivity contribution < 1.29 is 9.90 Å². The minimum atomic E-state index is -0.564. The van der Waals surface area contributed by atoms with Gasteiger partial charge in [0, 0.05) is 23.6 Å². The summed E-state index contributed by atoms with van der Waals surface area (Å²) in [6, 6.07) is 7.47. The third-order valence-electron chi connectivity index (χ3n) is 3.54. The van der Waals surface area contributed by atoms with Gasteiger partial charge < -0.3 is 10.4 Å². The van der Waals surface area contributed by atoms with Crippen molar-refractivity contribution in [3.05, 3.63) is 57.6 Å². The number of aliphatic hydroxyl groups excluding tert-OH is 1. The van der Waals surface area contributed by atoms with E-state index in [2.05, 4.69) is 10.3 Å². The van der Waals surface area contributed by atoms with E-state index in [1.807, 2.05) is 31.2 Å². The quantitative estimate of drug-likeness (QED) is 0.855. The molecule has 108 valence electrons. The molecule has 0 aliphatic heterocycles. The van der Waals surface area contributed by atoms with Gasteiger partial charge in [-0.2, -0.15) is 0 Å². The van der Waals surface area contributed by atoms with E-state index in [4.69, 9.17) is 0 Å². The zero-order valence-corrected chi connectivity index (χ0v) is 12.4. The molecule has 1 heterocycles. The van der Waals surface area contributed by atoms with Gasteiger partial charge in [-0.25, -0.2) is 4.98 Å². The van der Waals surface area contributed by atoms with E-state index in [-0.39, 0.29) is 11.9 Å². The van der Waals surface area contributed by atoms with Crippen LogP contribution >= 0.6 is 11.3 Å². The highest BCUT2D eigenvalue weighted by Gasteiger charge is 2.31. The van der Waals surface area contributed by atoms with Gasteiger partial charge in [0.25, 0.3) is 0 Å². The molecule has 5 heteroatoms. The van der Waals surface area contributed by atoms with Crippen LogP contribution in [0.25, 0.3) is 6.08 Å². The van der Waals surface area contributed by atoms with Gasteiger partial charge in [0.05, 0.1) is 17.2 Å². The molecule has 0 radical (unpaired) electrons. The largest absolute Gasteiger partial charge is 0.390 e. The summed E-state index contributed by atoms with van der Waals surface area (Å²) in [7, 11) is 0. The summed E-state index contributed by atoms with van der Waals surface area (Å²) in [5.41, 5.74) is 2.10. The Balaban J connectivity index is 1.69. The highest BCUT2D eigenvalue weighted by molar-refractivity contribution is 7.12. The van der Waals surface area contributed by atoms with Crippen molar-refractivity contribution in [1.82, 2.24) is 10.3 Å². The lowest BCUT2D eigenvalue weighted by Crippen LogP contribution is -2.32. The highest BCUT2D eigenvalue weighted by atomic mass is 32.1. The first-order chi connectivity index (χ1) is 10.1. The van der Waals surface area contributed by atoms with Crippen molar-refractivity contribution >= 4 is 23.3 Å². The molecule has 3 rings (SSSR count). The zero-order chi connectivity index (χ0) is 14.8. The smallest absolute Gasteiger partial charge is 0.244 e. The van der Waals surface area contributed by atoms with E-state index in [0.717, 1.165) is 21.0 Å². The maximum Gasteiger partial charge on any atom is 0.244 e. The molecule has 2 atom stereocenters. The molecule has 0 fully saturated rings. The lowest BCUT2D eigenvalue weighted by molar-refractivity contribution is -0.117. The van der Waals surface area contributed by atoms with Crippen LogP contribution in [-0.2, 0) is 11.2 Å². The number of nitrogens with one attached hydrogen (secondary N) is 1. The van der Waals surface area contributed by atoms with Gasteiger partial charge in [-0.3, -0.25) is 4.79 Å². The van der Waals surface area contributed by atoms with Gasteiger partial charge in [0.1, 0.15) is 0 Å². The topological polar surface area (TPSA) is 62.2 Å². The molecule has 1 aromatic carbocycles. The third-order valence-corrected chi connectivity index (χ3v) is 4.42. The van der Waals surface area contributed by atoms with Crippen molar-refractivity contribution in [2.45, 2.75) is 25.5 Å². The number of benzene rings is 1. The van der Waals surface area contributed by atoms with Gasteiger partial charge in [-0.15, -0.1) is 11.3 Å². The van der Waals surface area contributed by atoms with Crippen molar-refractivity contribution in [3.8, 4) is 0 Å². The van der Waals surface area contributed by atoms with Gasteiger partial charge in [-0.1, -0.05) is 24.3 Å². The van der Waals surface area contributed by atoms with Crippen molar-refractivity contribution in [2.24, 2.45) is 0 Å². The van der Waals surface area contributed by atoms with E-state index < -0.39 is 6.10 Å². The van der Waals surface area contributed by atoms with E-state index in [1.165, 1.54) is 17.4 Å². The van der Waals surface area contributed by atoms with Crippen LogP contribution in [-0.4, -0.2) is 22.1 Å². The predicted molar refractivity (Wildman–Crippen MR) is 82.9 cm³/mol. The Bertz CT molecular complexity index is 693. The zero-order valence-electron chi connectivity index (χ0n) is 11.6. The number of nitrogens with zero attached hydrogens (tertiary/aromatic N) is 1. The van der Waals surface area contributed by atoms with Gasteiger partial charge in [0.15, 0.2) is 0 Å². The fourth-order valence-electron chi connectivity index (χ4n) is 2.56. The summed E-state index contributed by atoms with van der Waals surface area (Å²) in [6.45, 7) is 1.92. The van der Waals surface area contributed by atoms with Crippen LogP contribution in [0, 0.1) is 6.92 Å². The molecule has 1 amide bonds. The Hall–Kier alpha value is -1.98. The first-order valence-corrected chi connectivity index (χ1v) is 7.62. The van der Waals surface area contributed by atoms with Crippen molar-refractivity contribution in [3.63, 3.8) is 0 Å². The SMILES string of the molecule is Cc1ncc(/C=C/C(=O)NC2c3ccccc3CC2O)s1. The summed E-state index contributed by atoms with van der Waals surface area (Å²) in [5.74, 6) is -0.207. The van der Waals surface area contributed by atoms with Crippen LogP contribution in [0.4, 0.5) is 0 Å². The van der Waals surface area contributed by atoms with Gasteiger partial charge >= 0.3 is 0 Å². The van der Waals surface area contributed by atoms with Crippen LogP contribution in [0.15, 0.2) is 36.5 Å². The molecule has 21 heavy (non-hydrogen) atoms. The standard InChI is InChI=1S/C16H16N2O2S/c1-10-17-9-12(21-10)6-7-15(20)18-16-13-5-3-2-4-11(13)8-14(16)19/h2-7,9,14,16,19H,8H2,1H3,(H,18,20)/b7-6+. The first-order valence-electron chi connectivity index (χ1n) is 6.80. The number of carbonyl (C=O) groups is 1. The minimum Gasteiger partial charge on any atom is -0.390 e. The maximum atomic E-state index is 12.0. The van der Waals surface area contributed by atoms with Crippen LogP contribution in [0.1, 0.15) is 27.1 Å². The number of thiazole rings is 1. The number of aromatic nitrogens is 1. The summed E-state index contributed by atoms with van der Waals surface area (Å²) >= 11 is 1.53. The van der Waals surface area contributed by atoms with E-state index in [0.29, 0.717) is 6.42 Å². The Labute approximate surface area is 127 Å². The van der Waals surface area contributed by atoms with E-state index in [1.54, 1.807) is 12.3 Å². The van der Waals surface area contributed by atoms with Crippen molar-refractivity contribution in [2.75, 3.05) is 0 Å². The minimum absolute atomic E-state index is 0.207. The Morgan fingerprint density at radius 2 is 2.29 bits per heavy atom. The number of hydrogen-bond acceptors (Lipinski definition) is 4. The molecule has 2 N–H and O–H groups in total. The molecule has 0 saturated heterocycles. The second kappa shape index (κ2) is 5.79.